The first-order valence-electron chi connectivity index (χ1n) is 6.20. The standard InChI is InChI=1S/C12H20N2O3S/c1-14-9-10(8-13-14)5-7-12(15)6-3-4-11(12)18(2,16)17/h8-9,11,15H,3-7H2,1-2H3. The number of aliphatic hydroxyl groups is 1. The van der Waals surface area contributed by atoms with Crippen LogP contribution in [0.5, 0.6) is 0 Å². The average molecular weight is 272 g/mol. The summed E-state index contributed by atoms with van der Waals surface area (Å²) in [5.41, 5.74) is -0.0336. The van der Waals surface area contributed by atoms with E-state index >= 15 is 0 Å². The zero-order valence-corrected chi connectivity index (χ0v) is 11.7. The van der Waals surface area contributed by atoms with E-state index in [1.165, 1.54) is 6.26 Å². The molecule has 1 aromatic rings. The molecule has 0 radical (unpaired) electrons. The lowest BCUT2D eigenvalue weighted by Crippen LogP contribution is -2.42. The Morgan fingerprint density at radius 3 is 2.89 bits per heavy atom. The predicted molar refractivity (Wildman–Crippen MR) is 69.0 cm³/mol. The fraction of sp³-hybridized carbons (Fsp3) is 0.750. The Kier molecular flexibility index (Phi) is 3.51. The molecule has 1 aliphatic rings. The van der Waals surface area contributed by atoms with Gasteiger partial charge in [0.25, 0.3) is 0 Å². The number of sulfone groups is 1. The molecular formula is C12H20N2O3S. The number of nitrogens with zero attached hydrogens (tertiary/aromatic N) is 2. The van der Waals surface area contributed by atoms with Gasteiger partial charge < -0.3 is 5.11 Å². The first kappa shape index (κ1) is 13.5. The minimum absolute atomic E-state index is 0.483. The summed E-state index contributed by atoms with van der Waals surface area (Å²) in [6.07, 6.45) is 7.95. The second-order valence-electron chi connectivity index (χ2n) is 5.34. The van der Waals surface area contributed by atoms with Gasteiger partial charge in [0.05, 0.1) is 17.0 Å². The Morgan fingerprint density at radius 1 is 1.61 bits per heavy atom. The molecule has 0 bridgehead atoms. The lowest BCUT2D eigenvalue weighted by molar-refractivity contribution is 0.0422. The first-order valence-corrected chi connectivity index (χ1v) is 8.15. The molecule has 102 valence electrons. The van der Waals surface area contributed by atoms with E-state index in [1.807, 2.05) is 13.2 Å². The van der Waals surface area contributed by atoms with E-state index in [1.54, 1.807) is 10.9 Å². The van der Waals surface area contributed by atoms with Crippen LogP contribution in [0.15, 0.2) is 12.4 Å². The minimum Gasteiger partial charge on any atom is -0.389 e. The molecule has 2 rings (SSSR count). The molecule has 2 unspecified atom stereocenters. The summed E-state index contributed by atoms with van der Waals surface area (Å²) in [7, 11) is -1.34. The van der Waals surface area contributed by atoms with Crippen molar-refractivity contribution in [1.82, 2.24) is 9.78 Å². The van der Waals surface area contributed by atoms with E-state index in [0.717, 1.165) is 12.0 Å². The van der Waals surface area contributed by atoms with Crippen molar-refractivity contribution in [3.05, 3.63) is 18.0 Å². The number of rotatable bonds is 4. The maximum atomic E-state index is 11.7. The van der Waals surface area contributed by atoms with Crippen LogP contribution < -0.4 is 0 Å². The van der Waals surface area contributed by atoms with E-state index in [4.69, 9.17) is 0 Å². The van der Waals surface area contributed by atoms with Crippen LogP contribution in [0.4, 0.5) is 0 Å². The molecule has 2 atom stereocenters. The van der Waals surface area contributed by atoms with Crippen molar-refractivity contribution in [3.63, 3.8) is 0 Å². The van der Waals surface area contributed by atoms with Crippen LogP contribution in [0.3, 0.4) is 0 Å². The number of aryl methyl sites for hydroxylation is 2. The highest BCUT2D eigenvalue weighted by Crippen LogP contribution is 2.37. The molecule has 0 aromatic carbocycles. The van der Waals surface area contributed by atoms with Gasteiger partial charge >= 0.3 is 0 Å². The largest absolute Gasteiger partial charge is 0.389 e. The smallest absolute Gasteiger partial charge is 0.153 e. The number of hydrogen-bond acceptors (Lipinski definition) is 4. The third-order valence-electron chi connectivity index (χ3n) is 3.80. The molecule has 1 aromatic heterocycles. The molecule has 0 aliphatic heterocycles. The summed E-state index contributed by atoms with van der Waals surface area (Å²) in [5, 5.41) is 14.0. The molecule has 0 saturated heterocycles. The third-order valence-corrected chi connectivity index (χ3v) is 5.51. The van der Waals surface area contributed by atoms with Crippen molar-refractivity contribution in [3.8, 4) is 0 Å². The van der Waals surface area contributed by atoms with E-state index in [9.17, 15) is 13.5 Å². The molecule has 1 saturated carbocycles. The lowest BCUT2D eigenvalue weighted by Gasteiger charge is -2.28. The van der Waals surface area contributed by atoms with Gasteiger partial charge in [-0.2, -0.15) is 5.10 Å². The SMILES string of the molecule is Cn1cc(CCC2(O)CCCC2S(C)(=O)=O)cn1. The van der Waals surface area contributed by atoms with Crippen LogP contribution in [0.25, 0.3) is 0 Å². The normalized spacial score (nSPS) is 28.7. The van der Waals surface area contributed by atoms with Crippen molar-refractivity contribution >= 4 is 9.84 Å². The fourth-order valence-corrected chi connectivity index (χ4v) is 4.51. The molecule has 1 N–H and O–H groups in total. The van der Waals surface area contributed by atoms with Gasteiger partial charge in [0.15, 0.2) is 9.84 Å². The van der Waals surface area contributed by atoms with Crippen molar-refractivity contribution in [2.24, 2.45) is 7.05 Å². The number of hydrogen-bond donors (Lipinski definition) is 1. The van der Waals surface area contributed by atoms with Gasteiger partial charge in [0, 0.05) is 19.5 Å². The molecular weight excluding hydrogens is 252 g/mol. The van der Waals surface area contributed by atoms with Gasteiger partial charge in [-0.3, -0.25) is 4.68 Å². The summed E-state index contributed by atoms with van der Waals surface area (Å²) >= 11 is 0. The first-order chi connectivity index (χ1) is 8.31. The van der Waals surface area contributed by atoms with Crippen LogP contribution in [-0.2, 0) is 23.3 Å². The summed E-state index contributed by atoms with van der Waals surface area (Å²) in [6.45, 7) is 0. The van der Waals surface area contributed by atoms with Gasteiger partial charge in [0.1, 0.15) is 0 Å². The predicted octanol–water partition coefficient (Wildman–Crippen LogP) is 0.681. The Morgan fingerprint density at radius 2 is 2.33 bits per heavy atom. The van der Waals surface area contributed by atoms with Gasteiger partial charge in [-0.05, 0) is 37.7 Å². The molecule has 6 heteroatoms. The Hall–Kier alpha value is -0.880. The van der Waals surface area contributed by atoms with E-state index < -0.39 is 20.7 Å². The molecule has 5 nitrogen and oxygen atoms in total. The maximum Gasteiger partial charge on any atom is 0.153 e. The number of aromatic nitrogens is 2. The van der Waals surface area contributed by atoms with Crippen LogP contribution in [0, 0.1) is 0 Å². The van der Waals surface area contributed by atoms with Crippen LogP contribution in [-0.4, -0.2) is 40.4 Å². The Bertz CT molecular complexity index is 523. The van der Waals surface area contributed by atoms with Crippen molar-refractivity contribution in [2.75, 3.05) is 6.26 Å². The minimum atomic E-state index is -3.18. The Balaban J connectivity index is 2.07. The second-order valence-corrected chi connectivity index (χ2v) is 7.56. The van der Waals surface area contributed by atoms with Gasteiger partial charge in [-0.15, -0.1) is 0 Å². The van der Waals surface area contributed by atoms with E-state index in [2.05, 4.69) is 5.10 Å². The molecule has 0 amide bonds. The van der Waals surface area contributed by atoms with Gasteiger partial charge in [-0.25, -0.2) is 8.42 Å². The average Bonchev–Trinajstić information content (AvgIpc) is 2.82. The van der Waals surface area contributed by atoms with Crippen molar-refractivity contribution in [2.45, 2.75) is 43.0 Å². The van der Waals surface area contributed by atoms with Gasteiger partial charge in [0.2, 0.25) is 0 Å². The molecule has 1 fully saturated rings. The summed E-state index contributed by atoms with van der Waals surface area (Å²) in [4.78, 5) is 0. The molecule has 18 heavy (non-hydrogen) atoms. The Labute approximate surface area is 108 Å². The summed E-state index contributed by atoms with van der Waals surface area (Å²) in [6, 6.07) is 0. The van der Waals surface area contributed by atoms with Gasteiger partial charge in [-0.1, -0.05) is 0 Å². The van der Waals surface area contributed by atoms with E-state index in [0.29, 0.717) is 25.7 Å². The fourth-order valence-electron chi connectivity index (χ4n) is 2.88. The highest BCUT2D eigenvalue weighted by atomic mass is 32.2. The van der Waals surface area contributed by atoms with Crippen LogP contribution >= 0.6 is 0 Å². The highest BCUT2D eigenvalue weighted by molar-refractivity contribution is 7.91. The van der Waals surface area contributed by atoms with Crippen molar-refractivity contribution < 1.29 is 13.5 Å². The monoisotopic (exact) mass is 272 g/mol. The summed E-state index contributed by atoms with van der Waals surface area (Å²) in [5.74, 6) is 0. The van der Waals surface area contributed by atoms with Crippen LogP contribution in [0.1, 0.15) is 31.2 Å². The van der Waals surface area contributed by atoms with Crippen LogP contribution in [0.2, 0.25) is 0 Å². The van der Waals surface area contributed by atoms with E-state index in [-0.39, 0.29) is 0 Å². The molecule has 0 spiro atoms. The molecule has 1 aliphatic carbocycles. The lowest BCUT2D eigenvalue weighted by atomic mass is 9.94. The quantitative estimate of drug-likeness (QED) is 0.875. The topological polar surface area (TPSA) is 72.2 Å². The summed E-state index contributed by atoms with van der Waals surface area (Å²) < 4.78 is 25.1. The zero-order chi connectivity index (χ0) is 13.4. The third kappa shape index (κ3) is 2.75. The maximum absolute atomic E-state index is 11.7. The zero-order valence-electron chi connectivity index (χ0n) is 10.8. The second kappa shape index (κ2) is 4.66. The van der Waals surface area contributed by atoms with Crippen molar-refractivity contribution in [1.29, 1.82) is 0 Å². The highest BCUT2D eigenvalue weighted by Gasteiger charge is 2.46. The molecule has 1 heterocycles.